The van der Waals surface area contributed by atoms with Crippen LogP contribution in [0.3, 0.4) is 0 Å². The summed E-state index contributed by atoms with van der Waals surface area (Å²) in [6.45, 7) is 1.09. The molecule has 2 rings (SSSR count). The summed E-state index contributed by atoms with van der Waals surface area (Å²) in [6, 6.07) is 4.07. The number of aromatic carboxylic acids is 4. The molecule has 0 fully saturated rings. The number of pyridine rings is 2. The van der Waals surface area contributed by atoms with Gasteiger partial charge in [0.1, 0.15) is 24.7 Å². The van der Waals surface area contributed by atoms with Crippen molar-refractivity contribution in [1.29, 1.82) is 0 Å². The van der Waals surface area contributed by atoms with E-state index in [1.807, 2.05) is 0 Å². The van der Waals surface area contributed by atoms with Crippen LogP contribution in [-0.4, -0.2) is 86.7 Å². The first-order chi connectivity index (χ1) is 17.7. The van der Waals surface area contributed by atoms with Gasteiger partial charge in [0, 0.05) is 24.3 Å². The molecule has 0 atom stereocenters. The average molecular weight is 520 g/mol. The first-order valence-electron chi connectivity index (χ1n) is 10.6. The van der Waals surface area contributed by atoms with Gasteiger partial charge in [-0.1, -0.05) is 0 Å². The van der Waals surface area contributed by atoms with Crippen molar-refractivity contribution in [3.8, 4) is 11.5 Å². The summed E-state index contributed by atoms with van der Waals surface area (Å²) >= 11 is 0. The Kier molecular flexibility index (Phi) is 11.7. The quantitative estimate of drug-likeness (QED) is 0.168. The van der Waals surface area contributed by atoms with Crippen molar-refractivity contribution in [2.45, 2.75) is 0 Å². The van der Waals surface area contributed by atoms with Crippen molar-refractivity contribution in [2.24, 2.45) is 0 Å². The van der Waals surface area contributed by atoms with Crippen LogP contribution in [0.25, 0.3) is 0 Å². The lowest BCUT2D eigenvalue weighted by Gasteiger charge is -2.12. The lowest BCUT2D eigenvalue weighted by atomic mass is 10.3. The summed E-state index contributed by atoms with van der Waals surface area (Å²) in [5.41, 5.74) is -2.42. The van der Waals surface area contributed by atoms with Crippen LogP contribution in [-0.2, 0) is 14.2 Å². The van der Waals surface area contributed by atoms with E-state index in [4.69, 9.17) is 23.7 Å². The van der Waals surface area contributed by atoms with Gasteiger partial charge in [-0.05, 0) is 0 Å². The molecule has 0 aliphatic heterocycles. The van der Waals surface area contributed by atoms with E-state index in [1.54, 1.807) is 0 Å². The standard InChI is InChI=1S/C22H24N2O13/c25-19(26)15-9-13(10-16(23-15)20(27)28)36-7-5-34-3-1-33-2-4-35-6-8-37-14-11-17(21(29)30)24-18(12-14)22(31)32/h9-12H,1-8H2,(H,25,26)(H,27,28)(H,29,30)(H,31,32)/p-4. The summed E-state index contributed by atoms with van der Waals surface area (Å²) in [5, 5.41) is 43.5. The highest BCUT2D eigenvalue weighted by Crippen LogP contribution is 2.15. The fourth-order valence-corrected chi connectivity index (χ4v) is 2.57. The lowest BCUT2D eigenvalue weighted by Crippen LogP contribution is -2.28. The predicted molar refractivity (Wildman–Crippen MR) is 109 cm³/mol. The summed E-state index contributed by atoms with van der Waals surface area (Å²) in [4.78, 5) is 50.3. The number of carboxylic acids is 4. The van der Waals surface area contributed by atoms with Crippen LogP contribution in [0, 0.1) is 0 Å². The minimum absolute atomic E-state index is 0.00147. The van der Waals surface area contributed by atoms with Gasteiger partial charge in [-0.25, -0.2) is 9.97 Å². The highest BCUT2D eigenvalue weighted by Gasteiger charge is 2.07. The summed E-state index contributed by atoms with van der Waals surface area (Å²) < 4.78 is 26.3. The van der Waals surface area contributed by atoms with Gasteiger partial charge < -0.3 is 63.3 Å². The molecule has 0 aromatic carbocycles. The Balaban J connectivity index is 1.53. The average Bonchev–Trinajstić information content (AvgIpc) is 2.86. The van der Waals surface area contributed by atoms with Crippen LogP contribution in [0.1, 0.15) is 42.0 Å². The van der Waals surface area contributed by atoms with Crippen molar-refractivity contribution in [3.05, 3.63) is 47.0 Å². The highest BCUT2D eigenvalue weighted by molar-refractivity contribution is 5.89. The van der Waals surface area contributed by atoms with E-state index >= 15 is 0 Å². The van der Waals surface area contributed by atoms with Gasteiger partial charge in [-0.3, -0.25) is 0 Å². The van der Waals surface area contributed by atoms with Crippen molar-refractivity contribution in [2.75, 3.05) is 52.9 Å². The normalized spacial score (nSPS) is 10.6. The van der Waals surface area contributed by atoms with Crippen LogP contribution < -0.4 is 29.9 Å². The van der Waals surface area contributed by atoms with Gasteiger partial charge in [-0.2, -0.15) is 0 Å². The largest absolute Gasteiger partial charge is 0.543 e. The summed E-state index contributed by atoms with van der Waals surface area (Å²) in [5.74, 6) is -6.73. The molecule has 0 bridgehead atoms. The van der Waals surface area contributed by atoms with Gasteiger partial charge >= 0.3 is 0 Å². The van der Waals surface area contributed by atoms with Crippen LogP contribution in [0.5, 0.6) is 11.5 Å². The zero-order valence-electron chi connectivity index (χ0n) is 19.2. The SMILES string of the molecule is O=C([O-])c1cc(OCCOCCOCCOCCOc2cc(C(=O)[O-])nc(C(=O)[O-])c2)cc(C(=O)[O-])n1. The number of hydrogen-bond donors (Lipinski definition) is 0. The molecule has 0 saturated carbocycles. The number of rotatable bonds is 18. The van der Waals surface area contributed by atoms with Gasteiger partial charge in [0.05, 0.1) is 86.3 Å². The topological polar surface area (TPSA) is 232 Å². The third kappa shape index (κ3) is 10.4. The molecule has 2 heterocycles. The number of carbonyl (C=O) groups is 4. The molecular formula is C22H20N2O13-4. The minimum Gasteiger partial charge on any atom is -0.543 e. The smallest absolute Gasteiger partial charge is 0.123 e. The van der Waals surface area contributed by atoms with E-state index in [0.717, 1.165) is 24.3 Å². The second kappa shape index (κ2) is 14.9. The van der Waals surface area contributed by atoms with Crippen LogP contribution in [0.4, 0.5) is 0 Å². The third-order valence-corrected chi connectivity index (χ3v) is 4.17. The molecule has 0 spiro atoms. The summed E-state index contributed by atoms with van der Waals surface area (Å²) in [6.07, 6.45) is 0. The zero-order chi connectivity index (χ0) is 27.2. The van der Waals surface area contributed by atoms with Gasteiger partial charge in [0.15, 0.2) is 0 Å². The van der Waals surface area contributed by atoms with Crippen molar-refractivity contribution in [3.63, 3.8) is 0 Å². The fraction of sp³-hybridized carbons (Fsp3) is 0.364. The highest BCUT2D eigenvalue weighted by atomic mass is 16.6. The fourth-order valence-electron chi connectivity index (χ4n) is 2.57. The molecule has 15 nitrogen and oxygen atoms in total. The first kappa shape index (κ1) is 28.9. The summed E-state index contributed by atoms with van der Waals surface area (Å²) in [7, 11) is 0. The maximum Gasteiger partial charge on any atom is 0.123 e. The number of ether oxygens (including phenoxy) is 5. The molecule has 0 unspecified atom stereocenters. The van der Waals surface area contributed by atoms with E-state index in [2.05, 4.69) is 9.97 Å². The molecule has 200 valence electrons. The molecule has 2 aromatic rings. The van der Waals surface area contributed by atoms with E-state index in [0.29, 0.717) is 0 Å². The van der Waals surface area contributed by atoms with E-state index in [9.17, 15) is 39.6 Å². The Morgan fingerprint density at radius 2 is 0.730 bits per heavy atom. The van der Waals surface area contributed by atoms with E-state index in [-0.39, 0.29) is 64.4 Å². The van der Waals surface area contributed by atoms with Crippen LogP contribution >= 0.6 is 0 Å². The van der Waals surface area contributed by atoms with Gasteiger partial charge in [0.2, 0.25) is 0 Å². The molecule has 0 saturated heterocycles. The Morgan fingerprint density at radius 1 is 0.486 bits per heavy atom. The van der Waals surface area contributed by atoms with E-state index in [1.165, 1.54) is 0 Å². The van der Waals surface area contributed by atoms with Gasteiger partial charge in [0.25, 0.3) is 0 Å². The van der Waals surface area contributed by atoms with Crippen LogP contribution in [0.2, 0.25) is 0 Å². The minimum atomic E-state index is -1.66. The molecule has 37 heavy (non-hydrogen) atoms. The number of hydrogen-bond acceptors (Lipinski definition) is 15. The van der Waals surface area contributed by atoms with Crippen molar-refractivity contribution < 1.29 is 63.3 Å². The molecule has 0 N–H and O–H groups in total. The monoisotopic (exact) mass is 520 g/mol. The van der Waals surface area contributed by atoms with Crippen molar-refractivity contribution >= 4 is 23.9 Å². The Hall–Kier alpha value is -4.34. The Labute approximate surface area is 209 Å². The number of nitrogens with zero attached hydrogens (tertiary/aromatic N) is 2. The first-order valence-corrected chi connectivity index (χ1v) is 10.6. The molecule has 0 amide bonds. The second-order valence-corrected chi connectivity index (χ2v) is 6.83. The Bertz CT molecular complexity index is 956. The number of aromatic nitrogens is 2. The molecule has 2 aromatic heterocycles. The number of carboxylic acid groups (broad SMARTS) is 4. The predicted octanol–water partition coefficient (Wildman–Crippen LogP) is -4.56. The zero-order valence-corrected chi connectivity index (χ0v) is 19.2. The van der Waals surface area contributed by atoms with Crippen LogP contribution in [0.15, 0.2) is 24.3 Å². The molecule has 0 radical (unpaired) electrons. The molecule has 15 heteroatoms. The van der Waals surface area contributed by atoms with Crippen molar-refractivity contribution in [1.82, 2.24) is 9.97 Å². The second-order valence-electron chi connectivity index (χ2n) is 6.83. The maximum atomic E-state index is 10.9. The van der Waals surface area contributed by atoms with E-state index < -0.39 is 46.7 Å². The Morgan fingerprint density at radius 3 is 0.973 bits per heavy atom. The number of carbonyl (C=O) groups excluding carboxylic acids is 4. The molecule has 0 aliphatic carbocycles. The van der Waals surface area contributed by atoms with Gasteiger partial charge in [-0.15, -0.1) is 0 Å². The maximum absolute atomic E-state index is 10.9. The molecule has 0 aliphatic rings. The molecular weight excluding hydrogens is 500 g/mol. The lowest BCUT2D eigenvalue weighted by molar-refractivity contribution is -0.258. The third-order valence-electron chi connectivity index (χ3n) is 4.17.